The number of benzene rings is 1. The molecule has 0 radical (unpaired) electrons. The first-order valence-electron chi connectivity index (χ1n) is 9.02. The second kappa shape index (κ2) is 9.05. The van der Waals surface area contributed by atoms with Crippen LogP contribution in [0.2, 0.25) is 0 Å². The molecule has 1 unspecified atom stereocenters. The maximum Gasteiger partial charge on any atom is 0.307 e. The third-order valence-electron chi connectivity index (χ3n) is 4.51. The molecule has 1 amide bonds. The minimum absolute atomic E-state index is 0.0131. The molecule has 146 valence electrons. The lowest BCUT2D eigenvalue weighted by Crippen LogP contribution is -2.35. The quantitative estimate of drug-likeness (QED) is 0.474. The minimum atomic E-state index is -0.515. The number of ether oxygens (including phenoxy) is 1. The second-order valence-electron chi connectivity index (χ2n) is 6.82. The molecule has 0 saturated heterocycles. The van der Waals surface area contributed by atoms with Crippen molar-refractivity contribution in [2.45, 2.75) is 40.2 Å². The number of rotatable bonds is 6. The Morgan fingerprint density at radius 3 is 2.46 bits per heavy atom. The van der Waals surface area contributed by atoms with Crippen molar-refractivity contribution in [1.82, 2.24) is 9.88 Å². The largest absolute Gasteiger partial charge is 0.469 e. The highest BCUT2D eigenvalue weighted by Gasteiger charge is 2.17. The Labute approximate surface area is 165 Å². The van der Waals surface area contributed by atoms with Crippen molar-refractivity contribution in [3.63, 3.8) is 0 Å². The average molecular weight is 379 g/mol. The van der Waals surface area contributed by atoms with Gasteiger partial charge in [-0.2, -0.15) is 5.26 Å². The van der Waals surface area contributed by atoms with E-state index in [9.17, 15) is 14.9 Å². The highest BCUT2D eigenvalue weighted by atomic mass is 16.5. The lowest BCUT2D eigenvalue weighted by atomic mass is 10.1. The monoisotopic (exact) mass is 379 g/mol. The summed E-state index contributed by atoms with van der Waals surface area (Å²) in [5.74, 6) is -0.934. The van der Waals surface area contributed by atoms with Gasteiger partial charge in [0.2, 0.25) is 0 Å². The molecule has 6 nitrogen and oxygen atoms in total. The summed E-state index contributed by atoms with van der Waals surface area (Å²) < 4.78 is 6.67. The van der Waals surface area contributed by atoms with Crippen LogP contribution in [-0.4, -0.2) is 29.6 Å². The van der Waals surface area contributed by atoms with E-state index in [0.29, 0.717) is 0 Å². The van der Waals surface area contributed by atoms with Gasteiger partial charge in [-0.3, -0.25) is 9.59 Å². The van der Waals surface area contributed by atoms with Crippen molar-refractivity contribution < 1.29 is 14.3 Å². The van der Waals surface area contributed by atoms with Crippen molar-refractivity contribution in [2.24, 2.45) is 0 Å². The van der Waals surface area contributed by atoms with E-state index in [2.05, 4.69) is 14.6 Å². The molecule has 0 bridgehead atoms. The van der Waals surface area contributed by atoms with Gasteiger partial charge >= 0.3 is 5.97 Å². The summed E-state index contributed by atoms with van der Waals surface area (Å²) in [4.78, 5) is 23.7. The van der Waals surface area contributed by atoms with Gasteiger partial charge in [0.1, 0.15) is 11.6 Å². The Bertz CT molecular complexity index is 947. The first-order valence-corrected chi connectivity index (χ1v) is 9.02. The third kappa shape index (κ3) is 4.89. The smallest absolute Gasteiger partial charge is 0.307 e. The van der Waals surface area contributed by atoms with Crippen molar-refractivity contribution in [1.29, 1.82) is 5.26 Å². The van der Waals surface area contributed by atoms with Gasteiger partial charge < -0.3 is 14.6 Å². The first kappa shape index (κ1) is 21.0. The molecule has 1 atom stereocenters. The van der Waals surface area contributed by atoms with Crippen LogP contribution < -0.4 is 5.32 Å². The molecular weight excluding hydrogens is 354 g/mol. The van der Waals surface area contributed by atoms with Gasteiger partial charge in [0.15, 0.2) is 0 Å². The highest BCUT2D eigenvalue weighted by molar-refractivity contribution is 6.02. The van der Waals surface area contributed by atoms with Crippen LogP contribution >= 0.6 is 0 Å². The molecule has 0 fully saturated rings. The molecule has 0 aliphatic rings. The van der Waals surface area contributed by atoms with E-state index < -0.39 is 17.9 Å². The van der Waals surface area contributed by atoms with Gasteiger partial charge in [0.05, 0.1) is 13.5 Å². The van der Waals surface area contributed by atoms with Gasteiger partial charge in [0, 0.05) is 23.1 Å². The maximum atomic E-state index is 12.4. The van der Waals surface area contributed by atoms with Gasteiger partial charge in [-0.15, -0.1) is 0 Å². The van der Waals surface area contributed by atoms with Gasteiger partial charge in [-0.25, -0.2) is 0 Å². The molecule has 6 heteroatoms. The summed E-state index contributed by atoms with van der Waals surface area (Å²) in [6.07, 6.45) is 1.62. The van der Waals surface area contributed by atoms with Crippen molar-refractivity contribution in [3.05, 3.63) is 58.4 Å². The zero-order valence-corrected chi connectivity index (χ0v) is 16.9. The average Bonchev–Trinajstić information content (AvgIpc) is 2.93. The van der Waals surface area contributed by atoms with Gasteiger partial charge in [0.25, 0.3) is 5.91 Å². The standard InChI is InChI=1S/C22H25N3O3/c1-14-6-8-20(9-7-14)25-16(3)11-18(17(25)4)12-19(13-23)22(27)24-15(2)10-21(26)28-5/h6-9,11-12,15H,10H2,1-5H3,(H,24,27)/b19-12+. The predicted molar refractivity (Wildman–Crippen MR) is 108 cm³/mol. The summed E-state index contributed by atoms with van der Waals surface area (Å²) in [5, 5.41) is 12.1. The third-order valence-corrected chi connectivity index (χ3v) is 4.51. The fourth-order valence-electron chi connectivity index (χ4n) is 3.01. The highest BCUT2D eigenvalue weighted by Crippen LogP contribution is 2.23. The van der Waals surface area contributed by atoms with Crippen molar-refractivity contribution in [3.8, 4) is 11.8 Å². The van der Waals surface area contributed by atoms with Crippen LogP contribution in [0.25, 0.3) is 11.8 Å². The Balaban J connectivity index is 2.28. The molecule has 2 aromatic rings. The number of carbonyl (C=O) groups excluding carboxylic acids is 2. The molecule has 1 heterocycles. The van der Waals surface area contributed by atoms with Crippen LogP contribution in [-0.2, 0) is 14.3 Å². The van der Waals surface area contributed by atoms with Crippen molar-refractivity contribution in [2.75, 3.05) is 7.11 Å². The molecule has 0 saturated carbocycles. The number of nitrogens with one attached hydrogen (secondary N) is 1. The molecule has 0 aliphatic heterocycles. The molecule has 1 N–H and O–H groups in total. The summed E-state index contributed by atoms with van der Waals surface area (Å²) in [7, 11) is 1.29. The first-order chi connectivity index (χ1) is 13.3. The Morgan fingerprint density at radius 1 is 1.25 bits per heavy atom. The Morgan fingerprint density at radius 2 is 1.89 bits per heavy atom. The van der Waals surface area contributed by atoms with Crippen LogP contribution in [0.4, 0.5) is 0 Å². The summed E-state index contributed by atoms with van der Waals surface area (Å²) in [6.45, 7) is 7.65. The number of nitriles is 1. The lowest BCUT2D eigenvalue weighted by molar-refractivity contribution is -0.141. The number of carbonyl (C=O) groups is 2. The van der Waals surface area contributed by atoms with Gasteiger partial charge in [-0.05, 0) is 57.5 Å². The fourth-order valence-corrected chi connectivity index (χ4v) is 3.01. The predicted octanol–water partition coefficient (Wildman–Crippen LogP) is 3.38. The number of amides is 1. The zero-order valence-electron chi connectivity index (χ0n) is 16.9. The van der Waals surface area contributed by atoms with Crippen LogP contribution in [0.15, 0.2) is 35.9 Å². The molecular formula is C22H25N3O3. The zero-order chi connectivity index (χ0) is 20.8. The van der Waals surface area contributed by atoms with Crippen LogP contribution in [0.3, 0.4) is 0 Å². The van der Waals surface area contributed by atoms with Crippen molar-refractivity contribution >= 4 is 18.0 Å². The molecule has 0 spiro atoms. The number of aryl methyl sites for hydroxylation is 2. The SMILES string of the molecule is COC(=O)CC(C)NC(=O)/C(C#N)=C/c1cc(C)n(-c2ccc(C)cc2)c1C. The number of aromatic nitrogens is 1. The fraction of sp³-hybridized carbons (Fsp3) is 0.318. The molecule has 1 aromatic carbocycles. The number of hydrogen-bond donors (Lipinski definition) is 1. The number of esters is 1. The molecule has 1 aromatic heterocycles. The van der Waals surface area contributed by atoms with E-state index in [1.54, 1.807) is 13.0 Å². The van der Waals surface area contributed by atoms with E-state index in [1.807, 2.05) is 57.2 Å². The lowest BCUT2D eigenvalue weighted by Gasteiger charge is -2.12. The normalized spacial score (nSPS) is 12.2. The van der Waals surface area contributed by atoms with Crippen LogP contribution in [0, 0.1) is 32.1 Å². The Hall–Kier alpha value is -3.33. The van der Waals surface area contributed by atoms with Crippen LogP contribution in [0.5, 0.6) is 0 Å². The molecule has 2 rings (SSSR count). The number of hydrogen-bond acceptors (Lipinski definition) is 4. The number of methoxy groups -OCH3 is 1. The minimum Gasteiger partial charge on any atom is -0.469 e. The van der Waals surface area contributed by atoms with E-state index in [1.165, 1.54) is 12.7 Å². The van der Waals surface area contributed by atoms with E-state index in [-0.39, 0.29) is 12.0 Å². The van der Waals surface area contributed by atoms with E-state index in [4.69, 9.17) is 0 Å². The topological polar surface area (TPSA) is 84.1 Å². The molecule has 28 heavy (non-hydrogen) atoms. The second-order valence-corrected chi connectivity index (χ2v) is 6.82. The van der Waals surface area contributed by atoms with Crippen LogP contribution in [0.1, 0.15) is 35.9 Å². The summed E-state index contributed by atoms with van der Waals surface area (Å²) >= 11 is 0. The van der Waals surface area contributed by atoms with Gasteiger partial charge in [-0.1, -0.05) is 17.7 Å². The Kier molecular flexibility index (Phi) is 6.78. The van der Waals surface area contributed by atoms with E-state index >= 15 is 0 Å². The summed E-state index contributed by atoms with van der Waals surface area (Å²) in [5.41, 5.74) is 4.92. The maximum absolute atomic E-state index is 12.4. The molecule has 0 aliphatic carbocycles. The summed E-state index contributed by atoms with van der Waals surface area (Å²) in [6, 6.07) is 11.6. The van der Waals surface area contributed by atoms with E-state index in [0.717, 1.165) is 22.6 Å². The number of nitrogens with zero attached hydrogens (tertiary/aromatic N) is 2.